The van der Waals surface area contributed by atoms with E-state index in [0.29, 0.717) is 31.0 Å². The van der Waals surface area contributed by atoms with Gasteiger partial charge in [0.05, 0.1) is 24.4 Å². The predicted octanol–water partition coefficient (Wildman–Crippen LogP) is 4.06. The fraction of sp³-hybridized carbons (Fsp3) is 0.360. The quantitative estimate of drug-likeness (QED) is 0.654. The lowest BCUT2D eigenvalue weighted by molar-refractivity contribution is 0.102. The van der Waals surface area contributed by atoms with Crippen LogP contribution >= 0.6 is 0 Å². The smallest absolute Gasteiger partial charge is 0.255 e. The van der Waals surface area contributed by atoms with E-state index in [9.17, 15) is 9.59 Å². The molecule has 2 heterocycles. The van der Waals surface area contributed by atoms with Crippen LogP contribution in [0, 0.1) is 0 Å². The summed E-state index contributed by atoms with van der Waals surface area (Å²) >= 11 is 0. The van der Waals surface area contributed by atoms with Crippen LogP contribution in [0.5, 0.6) is 0 Å². The molecule has 1 fully saturated rings. The van der Waals surface area contributed by atoms with Crippen LogP contribution in [0.25, 0.3) is 10.9 Å². The lowest BCUT2D eigenvalue weighted by atomic mass is 10.1. The molecule has 0 spiro atoms. The Labute approximate surface area is 182 Å². The van der Waals surface area contributed by atoms with E-state index < -0.39 is 0 Å². The van der Waals surface area contributed by atoms with Crippen molar-refractivity contribution >= 4 is 28.2 Å². The second-order valence-electron chi connectivity index (χ2n) is 7.84. The maximum absolute atomic E-state index is 12.8. The minimum absolute atomic E-state index is 0.0135. The third-order valence-corrected chi connectivity index (χ3v) is 5.77. The van der Waals surface area contributed by atoms with Crippen LogP contribution in [0.2, 0.25) is 0 Å². The minimum Gasteiger partial charge on any atom is -0.378 e. The number of anilines is 2. The van der Waals surface area contributed by atoms with Gasteiger partial charge >= 0.3 is 0 Å². The molecule has 162 valence electrons. The molecule has 4 rings (SSSR count). The molecule has 1 aliphatic rings. The summed E-state index contributed by atoms with van der Waals surface area (Å²) in [4.78, 5) is 27.7. The highest BCUT2D eigenvalue weighted by molar-refractivity contribution is 6.06. The summed E-state index contributed by atoms with van der Waals surface area (Å²) < 4.78 is 7.24. The number of amides is 1. The van der Waals surface area contributed by atoms with E-state index in [1.165, 1.54) is 5.56 Å². The first-order valence-corrected chi connectivity index (χ1v) is 11.0. The first kappa shape index (κ1) is 21.1. The van der Waals surface area contributed by atoms with Gasteiger partial charge in [0, 0.05) is 42.3 Å². The van der Waals surface area contributed by atoms with E-state index >= 15 is 0 Å². The number of carbonyl (C=O) groups excluding carboxylic acids is 1. The molecule has 0 atom stereocenters. The van der Waals surface area contributed by atoms with E-state index in [-0.39, 0.29) is 11.5 Å². The number of hydrogen-bond donors (Lipinski definition) is 1. The number of morpholine rings is 1. The Kier molecular flexibility index (Phi) is 6.37. The van der Waals surface area contributed by atoms with Crippen LogP contribution in [0.3, 0.4) is 0 Å². The van der Waals surface area contributed by atoms with Gasteiger partial charge in [0.2, 0.25) is 0 Å². The zero-order valence-electron chi connectivity index (χ0n) is 18.2. The van der Waals surface area contributed by atoms with Crippen molar-refractivity contribution in [3.63, 3.8) is 0 Å². The van der Waals surface area contributed by atoms with Crippen LogP contribution in [0.4, 0.5) is 11.4 Å². The molecule has 6 heteroatoms. The summed E-state index contributed by atoms with van der Waals surface area (Å²) in [6.07, 6.45) is 2.09. The van der Waals surface area contributed by atoms with Gasteiger partial charge in [0.25, 0.3) is 11.5 Å². The number of aromatic nitrogens is 1. The van der Waals surface area contributed by atoms with Crippen molar-refractivity contribution in [2.75, 3.05) is 36.5 Å². The number of ether oxygens (including phenoxy) is 1. The Morgan fingerprint density at radius 1 is 1.03 bits per heavy atom. The van der Waals surface area contributed by atoms with Crippen molar-refractivity contribution in [2.45, 2.75) is 33.2 Å². The van der Waals surface area contributed by atoms with E-state index in [1.807, 2.05) is 49.4 Å². The van der Waals surface area contributed by atoms with Crippen LogP contribution in [0.15, 0.2) is 53.3 Å². The van der Waals surface area contributed by atoms with Gasteiger partial charge in [-0.3, -0.25) is 9.59 Å². The third-order valence-electron chi connectivity index (χ3n) is 5.77. The number of pyridine rings is 1. The van der Waals surface area contributed by atoms with Crippen molar-refractivity contribution in [2.24, 2.45) is 0 Å². The summed E-state index contributed by atoms with van der Waals surface area (Å²) in [6, 6.07) is 15.2. The fourth-order valence-corrected chi connectivity index (χ4v) is 4.15. The predicted molar refractivity (Wildman–Crippen MR) is 125 cm³/mol. The van der Waals surface area contributed by atoms with Gasteiger partial charge in [0.15, 0.2) is 0 Å². The zero-order valence-corrected chi connectivity index (χ0v) is 18.2. The molecule has 2 aromatic carbocycles. The Balaban J connectivity index is 1.68. The van der Waals surface area contributed by atoms with Gasteiger partial charge in [-0.15, -0.1) is 0 Å². The van der Waals surface area contributed by atoms with E-state index in [0.717, 1.165) is 42.5 Å². The molecule has 0 saturated carbocycles. The largest absolute Gasteiger partial charge is 0.378 e. The number of nitrogens with zero attached hydrogens (tertiary/aromatic N) is 2. The van der Waals surface area contributed by atoms with Crippen LogP contribution in [-0.2, 0) is 17.7 Å². The van der Waals surface area contributed by atoms with Crippen LogP contribution < -0.4 is 15.8 Å². The van der Waals surface area contributed by atoms with Crippen molar-refractivity contribution in [3.8, 4) is 0 Å². The molecule has 1 aliphatic heterocycles. The SMILES string of the molecule is CCCc1ccc(C(=O)Nc2ccc3c(c2)c(N2CCOCC2)cc(=O)n3CC)cc1. The van der Waals surface area contributed by atoms with E-state index in [2.05, 4.69) is 17.1 Å². The van der Waals surface area contributed by atoms with Crippen molar-refractivity contribution in [1.29, 1.82) is 0 Å². The monoisotopic (exact) mass is 419 g/mol. The third kappa shape index (κ3) is 4.49. The second-order valence-corrected chi connectivity index (χ2v) is 7.84. The summed E-state index contributed by atoms with van der Waals surface area (Å²) in [5.41, 5.74) is 4.34. The molecule has 0 radical (unpaired) electrons. The molecular formula is C25H29N3O3. The van der Waals surface area contributed by atoms with Gasteiger partial charge in [-0.2, -0.15) is 0 Å². The molecule has 1 amide bonds. The lowest BCUT2D eigenvalue weighted by Gasteiger charge is -2.30. The zero-order chi connectivity index (χ0) is 21.8. The molecule has 1 saturated heterocycles. The maximum Gasteiger partial charge on any atom is 0.255 e. The summed E-state index contributed by atoms with van der Waals surface area (Å²) in [5, 5.41) is 3.97. The minimum atomic E-state index is -0.140. The standard InChI is InChI=1S/C25H29N3O3/c1-3-5-18-6-8-19(9-7-18)25(30)26-20-10-11-22-21(16-20)23(17-24(29)28(22)4-2)27-12-14-31-15-13-27/h6-11,16-17H,3-5,12-15H2,1-2H3,(H,26,30). The highest BCUT2D eigenvalue weighted by Gasteiger charge is 2.17. The number of aryl methyl sites for hydroxylation is 2. The Morgan fingerprint density at radius 3 is 2.45 bits per heavy atom. The molecule has 31 heavy (non-hydrogen) atoms. The molecule has 0 aliphatic carbocycles. The van der Waals surface area contributed by atoms with Gasteiger partial charge in [-0.25, -0.2) is 0 Å². The fourth-order valence-electron chi connectivity index (χ4n) is 4.15. The molecule has 6 nitrogen and oxygen atoms in total. The normalized spacial score (nSPS) is 14.1. The average Bonchev–Trinajstić information content (AvgIpc) is 2.80. The van der Waals surface area contributed by atoms with E-state index in [1.54, 1.807) is 10.6 Å². The number of benzene rings is 2. The summed E-state index contributed by atoms with van der Waals surface area (Å²) in [7, 11) is 0. The Morgan fingerprint density at radius 2 is 1.77 bits per heavy atom. The first-order valence-electron chi connectivity index (χ1n) is 11.0. The van der Waals surface area contributed by atoms with Gasteiger partial charge in [-0.05, 0) is 49.2 Å². The number of nitrogens with one attached hydrogen (secondary N) is 1. The molecule has 3 aromatic rings. The lowest BCUT2D eigenvalue weighted by Crippen LogP contribution is -2.37. The summed E-state index contributed by atoms with van der Waals surface area (Å²) in [5.74, 6) is -0.140. The van der Waals surface area contributed by atoms with Crippen molar-refractivity contribution in [3.05, 3.63) is 70.0 Å². The number of carbonyl (C=O) groups is 1. The molecular weight excluding hydrogens is 390 g/mol. The average molecular weight is 420 g/mol. The molecule has 1 aromatic heterocycles. The van der Waals surface area contributed by atoms with Crippen LogP contribution in [0.1, 0.15) is 36.2 Å². The number of fused-ring (bicyclic) bond motifs is 1. The van der Waals surface area contributed by atoms with Crippen LogP contribution in [-0.4, -0.2) is 36.8 Å². The highest BCUT2D eigenvalue weighted by Crippen LogP contribution is 2.29. The van der Waals surface area contributed by atoms with Crippen molar-refractivity contribution < 1.29 is 9.53 Å². The van der Waals surface area contributed by atoms with Gasteiger partial charge in [-0.1, -0.05) is 25.5 Å². The Hall–Kier alpha value is -3.12. The number of hydrogen-bond acceptors (Lipinski definition) is 4. The molecule has 0 unspecified atom stereocenters. The number of rotatable bonds is 6. The van der Waals surface area contributed by atoms with E-state index in [4.69, 9.17) is 4.74 Å². The highest BCUT2D eigenvalue weighted by atomic mass is 16.5. The molecule has 0 bridgehead atoms. The first-order chi connectivity index (χ1) is 15.1. The summed E-state index contributed by atoms with van der Waals surface area (Å²) in [6.45, 7) is 7.47. The Bertz CT molecular complexity index is 1130. The second kappa shape index (κ2) is 9.35. The van der Waals surface area contributed by atoms with Gasteiger partial charge < -0.3 is 19.5 Å². The topological polar surface area (TPSA) is 63.6 Å². The maximum atomic E-state index is 12.8. The molecule has 1 N–H and O–H groups in total. The van der Waals surface area contributed by atoms with Gasteiger partial charge in [0.1, 0.15) is 0 Å². The van der Waals surface area contributed by atoms with Crippen molar-refractivity contribution in [1.82, 2.24) is 4.57 Å².